The number of hydrogen-bond acceptors (Lipinski definition) is 5. The number of amides is 1. The number of carbonyl (C=O) groups is 1. The Kier molecular flexibility index (Phi) is 4.87. The van der Waals surface area contributed by atoms with E-state index in [1.54, 1.807) is 24.3 Å². The van der Waals surface area contributed by atoms with Crippen LogP contribution in [0.1, 0.15) is 22.9 Å². The van der Waals surface area contributed by atoms with E-state index in [0.29, 0.717) is 17.7 Å². The van der Waals surface area contributed by atoms with Crippen LogP contribution < -0.4 is 10.0 Å². The molecule has 9 heteroatoms. The summed E-state index contributed by atoms with van der Waals surface area (Å²) >= 11 is 1.45. The van der Waals surface area contributed by atoms with E-state index in [0.717, 1.165) is 9.18 Å². The number of thiophene rings is 1. The summed E-state index contributed by atoms with van der Waals surface area (Å²) in [6.45, 7) is 0. The van der Waals surface area contributed by atoms with Gasteiger partial charge in [0, 0.05) is 17.6 Å². The highest BCUT2D eigenvalue weighted by atomic mass is 32.2. The summed E-state index contributed by atoms with van der Waals surface area (Å²) in [4.78, 5) is 13.5. The van der Waals surface area contributed by atoms with Gasteiger partial charge in [-0.25, -0.2) is 0 Å². The van der Waals surface area contributed by atoms with Gasteiger partial charge in [0.2, 0.25) is 5.91 Å². The van der Waals surface area contributed by atoms with Crippen LogP contribution >= 0.6 is 11.3 Å². The molecular formula is C16H16N4O3S2. The number of nitriles is 1. The van der Waals surface area contributed by atoms with Crippen LogP contribution in [-0.2, 0) is 15.0 Å². The lowest BCUT2D eigenvalue weighted by atomic mass is 10.1. The van der Waals surface area contributed by atoms with E-state index in [4.69, 9.17) is 5.26 Å². The van der Waals surface area contributed by atoms with E-state index >= 15 is 0 Å². The van der Waals surface area contributed by atoms with Crippen LogP contribution in [0.3, 0.4) is 0 Å². The SMILES string of the molecule is CN1[C@H](C(=O)Nc2ccc(C#N)cc2)C[C@H](c2cccs2)NS1(=O)=O. The van der Waals surface area contributed by atoms with Crippen molar-refractivity contribution in [1.29, 1.82) is 5.26 Å². The van der Waals surface area contributed by atoms with Crippen molar-refractivity contribution < 1.29 is 13.2 Å². The van der Waals surface area contributed by atoms with Crippen molar-refractivity contribution in [3.8, 4) is 6.07 Å². The van der Waals surface area contributed by atoms with E-state index in [1.807, 2.05) is 23.6 Å². The summed E-state index contributed by atoms with van der Waals surface area (Å²) < 4.78 is 28.3. The number of benzene rings is 1. The second kappa shape index (κ2) is 6.93. The standard InChI is InChI=1S/C16H16N4O3S2/c1-20-14(16(21)18-12-6-4-11(10-17)5-7-12)9-13(19-25(20,22)23)15-3-2-8-24-15/h2-8,13-14,19H,9H2,1H3,(H,18,21)/t13-,14+/m1/s1. The first-order valence-corrected chi connectivity index (χ1v) is 9.82. The molecule has 0 radical (unpaired) electrons. The van der Waals surface area contributed by atoms with Gasteiger partial charge in [-0.3, -0.25) is 4.79 Å². The minimum atomic E-state index is -3.75. The van der Waals surface area contributed by atoms with Gasteiger partial charge in [0.05, 0.1) is 17.7 Å². The zero-order valence-electron chi connectivity index (χ0n) is 13.3. The summed E-state index contributed by atoms with van der Waals surface area (Å²) in [5.41, 5.74) is 0.998. The zero-order chi connectivity index (χ0) is 18.0. The van der Waals surface area contributed by atoms with Gasteiger partial charge in [-0.2, -0.15) is 22.7 Å². The fourth-order valence-corrected chi connectivity index (χ4v) is 4.77. The molecule has 0 unspecified atom stereocenters. The van der Waals surface area contributed by atoms with Crippen LogP contribution in [0.4, 0.5) is 5.69 Å². The van der Waals surface area contributed by atoms with E-state index in [9.17, 15) is 13.2 Å². The number of rotatable bonds is 3. The Labute approximate surface area is 150 Å². The van der Waals surface area contributed by atoms with Gasteiger partial charge in [-0.15, -0.1) is 11.3 Å². The maximum absolute atomic E-state index is 12.6. The molecular weight excluding hydrogens is 360 g/mol. The summed E-state index contributed by atoms with van der Waals surface area (Å²) in [6, 6.07) is 10.8. The molecule has 130 valence electrons. The number of likely N-dealkylation sites (N-methyl/N-ethyl adjacent to an activating group) is 1. The third-order valence-corrected chi connectivity index (χ3v) is 6.62. The Balaban J connectivity index is 1.80. The molecule has 2 aromatic rings. The molecule has 1 aromatic carbocycles. The van der Waals surface area contributed by atoms with Crippen LogP contribution in [0.15, 0.2) is 41.8 Å². The lowest BCUT2D eigenvalue weighted by Gasteiger charge is -2.35. The summed E-state index contributed by atoms with van der Waals surface area (Å²) in [5, 5.41) is 13.4. The van der Waals surface area contributed by atoms with Gasteiger partial charge in [-0.1, -0.05) is 6.07 Å². The largest absolute Gasteiger partial charge is 0.325 e. The Morgan fingerprint density at radius 3 is 2.68 bits per heavy atom. The molecule has 1 fully saturated rings. The average molecular weight is 376 g/mol. The van der Waals surface area contributed by atoms with Crippen molar-refractivity contribution in [2.75, 3.05) is 12.4 Å². The topological polar surface area (TPSA) is 102 Å². The first-order chi connectivity index (χ1) is 11.9. The lowest BCUT2D eigenvalue weighted by molar-refractivity contribution is -0.120. The molecule has 25 heavy (non-hydrogen) atoms. The molecule has 1 aliphatic heterocycles. The van der Waals surface area contributed by atoms with E-state index in [1.165, 1.54) is 18.4 Å². The predicted molar refractivity (Wildman–Crippen MR) is 95.1 cm³/mol. The lowest BCUT2D eigenvalue weighted by Crippen LogP contribution is -2.55. The molecule has 2 N–H and O–H groups in total. The van der Waals surface area contributed by atoms with Crippen LogP contribution in [0.25, 0.3) is 0 Å². The van der Waals surface area contributed by atoms with Gasteiger partial charge >= 0.3 is 0 Å². The molecule has 2 heterocycles. The first-order valence-electron chi connectivity index (χ1n) is 7.50. The number of hydrogen-bond donors (Lipinski definition) is 2. The van der Waals surface area contributed by atoms with E-state index in [-0.39, 0.29) is 0 Å². The van der Waals surface area contributed by atoms with Crippen LogP contribution in [0, 0.1) is 11.3 Å². The van der Waals surface area contributed by atoms with Crippen molar-refractivity contribution >= 4 is 33.1 Å². The Morgan fingerprint density at radius 1 is 1.36 bits per heavy atom. The van der Waals surface area contributed by atoms with E-state index < -0.39 is 28.2 Å². The summed E-state index contributed by atoms with van der Waals surface area (Å²) in [7, 11) is -2.36. The maximum atomic E-state index is 12.6. The normalized spacial score (nSPS) is 22.9. The van der Waals surface area contributed by atoms with Crippen LogP contribution in [-0.4, -0.2) is 31.7 Å². The van der Waals surface area contributed by atoms with E-state index in [2.05, 4.69) is 10.0 Å². The molecule has 2 atom stereocenters. The van der Waals surface area contributed by atoms with Crippen LogP contribution in [0.5, 0.6) is 0 Å². The number of anilines is 1. The molecule has 1 aliphatic rings. The van der Waals surface area contributed by atoms with Crippen LogP contribution in [0.2, 0.25) is 0 Å². The third kappa shape index (κ3) is 3.72. The first kappa shape index (κ1) is 17.6. The van der Waals surface area contributed by atoms with Crippen molar-refractivity contribution in [3.05, 3.63) is 52.2 Å². The summed E-state index contributed by atoms with van der Waals surface area (Å²) in [5.74, 6) is -0.404. The molecule has 0 aliphatic carbocycles. The van der Waals surface area contributed by atoms with Crippen molar-refractivity contribution in [3.63, 3.8) is 0 Å². The highest BCUT2D eigenvalue weighted by molar-refractivity contribution is 7.87. The molecule has 3 rings (SSSR count). The maximum Gasteiger partial charge on any atom is 0.280 e. The molecule has 1 aromatic heterocycles. The molecule has 0 bridgehead atoms. The number of nitrogens with zero attached hydrogens (tertiary/aromatic N) is 2. The van der Waals surface area contributed by atoms with Crippen molar-refractivity contribution in [2.45, 2.75) is 18.5 Å². The second-order valence-corrected chi connectivity index (χ2v) is 8.38. The molecule has 7 nitrogen and oxygen atoms in total. The second-order valence-electron chi connectivity index (χ2n) is 5.64. The van der Waals surface area contributed by atoms with Gasteiger partial charge in [0.25, 0.3) is 10.2 Å². The minimum Gasteiger partial charge on any atom is -0.325 e. The van der Waals surface area contributed by atoms with Gasteiger partial charge in [-0.05, 0) is 42.1 Å². The Morgan fingerprint density at radius 2 is 2.08 bits per heavy atom. The highest BCUT2D eigenvalue weighted by Crippen LogP contribution is 2.30. The van der Waals surface area contributed by atoms with Gasteiger partial charge in [0.15, 0.2) is 0 Å². The fourth-order valence-electron chi connectivity index (χ4n) is 2.64. The Hall–Kier alpha value is -2.25. The van der Waals surface area contributed by atoms with Crippen molar-refractivity contribution in [1.82, 2.24) is 9.03 Å². The Bertz CT molecular complexity index is 902. The smallest absolute Gasteiger partial charge is 0.280 e. The molecule has 1 saturated heterocycles. The quantitative estimate of drug-likeness (QED) is 0.853. The number of nitrogens with one attached hydrogen (secondary N) is 2. The number of carbonyl (C=O) groups excluding carboxylic acids is 1. The molecule has 0 spiro atoms. The fraction of sp³-hybridized carbons (Fsp3) is 0.250. The minimum absolute atomic E-state index is 0.332. The molecule has 1 amide bonds. The van der Waals surface area contributed by atoms with Gasteiger partial charge < -0.3 is 5.32 Å². The highest BCUT2D eigenvalue weighted by Gasteiger charge is 2.40. The van der Waals surface area contributed by atoms with Crippen molar-refractivity contribution in [2.24, 2.45) is 0 Å². The predicted octanol–water partition coefficient (Wildman–Crippen LogP) is 1.84. The monoisotopic (exact) mass is 376 g/mol. The average Bonchev–Trinajstić information content (AvgIpc) is 3.12. The third-order valence-electron chi connectivity index (χ3n) is 4.04. The zero-order valence-corrected chi connectivity index (χ0v) is 15.0. The van der Waals surface area contributed by atoms with Gasteiger partial charge in [0.1, 0.15) is 6.04 Å². The summed E-state index contributed by atoms with van der Waals surface area (Å²) in [6.07, 6.45) is 0.332. The molecule has 0 saturated carbocycles.